The molecule has 0 fully saturated rings. The molecule has 0 aliphatic rings. The fourth-order valence-corrected chi connectivity index (χ4v) is 2.94. The Hall–Kier alpha value is -2.67. The van der Waals surface area contributed by atoms with Crippen LogP contribution in [0.4, 0.5) is 4.39 Å². The fourth-order valence-electron chi connectivity index (χ4n) is 2.94. The van der Waals surface area contributed by atoms with Crippen molar-refractivity contribution in [3.8, 4) is 5.75 Å². The minimum Gasteiger partial charge on any atom is -0.494 e. The average Bonchev–Trinajstić information content (AvgIpc) is 2.89. The van der Waals surface area contributed by atoms with Gasteiger partial charge in [-0.3, -0.25) is 9.69 Å². The van der Waals surface area contributed by atoms with E-state index >= 15 is 0 Å². The van der Waals surface area contributed by atoms with Crippen molar-refractivity contribution < 1.29 is 23.5 Å². The van der Waals surface area contributed by atoms with Crippen LogP contribution in [0, 0.1) is 19.7 Å². The lowest BCUT2D eigenvalue weighted by molar-refractivity contribution is 0.0599. The summed E-state index contributed by atoms with van der Waals surface area (Å²) in [5.74, 6) is -0.891. The van der Waals surface area contributed by atoms with Crippen molar-refractivity contribution in [2.24, 2.45) is 0 Å². The van der Waals surface area contributed by atoms with Gasteiger partial charge in [0.1, 0.15) is 0 Å². The van der Waals surface area contributed by atoms with Crippen molar-refractivity contribution in [3.63, 3.8) is 0 Å². The van der Waals surface area contributed by atoms with E-state index in [1.807, 2.05) is 0 Å². The number of nitrogens with one attached hydrogen (secondary N) is 1. The Kier molecular flexibility index (Phi) is 6.15. The molecule has 0 atom stereocenters. The van der Waals surface area contributed by atoms with Gasteiger partial charge in [-0.05, 0) is 44.2 Å². The summed E-state index contributed by atoms with van der Waals surface area (Å²) in [6.07, 6.45) is 0. The number of ether oxygens (including phenoxy) is 2. The summed E-state index contributed by atoms with van der Waals surface area (Å²) in [5.41, 5.74) is 2.67. The van der Waals surface area contributed by atoms with E-state index in [9.17, 15) is 14.0 Å². The van der Waals surface area contributed by atoms with E-state index in [1.165, 1.54) is 20.3 Å². The lowest BCUT2D eigenvalue weighted by atomic mass is 10.1. The topological polar surface area (TPSA) is 71.6 Å². The molecule has 0 unspecified atom stereocenters. The molecule has 0 aliphatic heterocycles. The Morgan fingerprint density at radius 1 is 1.23 bits per heavy atom. The van der Waals surface area contributed by atoms with Crippen molar-refractivity contribution in [3.05, 3.63) is 52.1 Å². The van der Waals surface area contributed by atoms with Crippen LogP contribution in [-0.2, 0) is 11.3 Å². The number of carbonyl (C=O) groups excluding carboxylic acids is 2. The van der Waals surface area contributed by atoms with Gasteiger partial charge in [-0.2, -0.15) is 0 Å². The summed E-state index contributed by atoms with van der Waals surface area (Å²) in [7, 11) is 4.48. The van der Waals surface area contributed by atoms with Gasteiger partial charge in [-0.1, -0.05) is 6.07 Å². The molecule has 1 N–H and O–H groups in total. The summed E-state index contributed by atoms with van der Waals surface area (Å²) >= 11 is 0. The largest absolute Gasteiger partial charge is 0.494 e. The second-order valence-electron chi connectivity index (χ2n) is 6.18. The number of Topliss-reactive ketones (excluding diaryl/α,β-unsaturated/α-hetero) is 1. The number of benzene rings is 1. The maximum Gasteiger partial charge on any atom is 0.339 e. The third-order valence-electron chi connectivity index (χ3n) is 4.19. The van der Waals surface area contributed by atoms with Crippen LogP contribution in [0.15, 0.2) is 18.2 Å². The molecule has 0 aliphatic carbocycles. The normalized spacial score (nSPS) is 10.9. The van der Waals surface area contributed by atoms with E-state index in [4.69, 9.17) is 9.47 Å². The Bertz CT molecular complexity index is 829. The summed E-state index contributed by atoms with van der Waals surface area (Å²) in [5, 5.41) is 0. The number of hydrogen-bond acceptors (Lipinski definition) is 5. The van der Waals surface area contributed by atoms with Gasteiger partial charge in [0.05, 0.1) is 32.0 Å². The summed E-state index contributed by atoms with van der Waals surface area (Å²) < 4.78 is 23.4. The van der Waals surface area contributed by atoms with Crippen LogP contribution >= 0.6 is 0 Å². The Morgan fingerprint density at radius 2 is 1.92 bits per heavy atom. The second-order valence-corrected chi connectivity index (χ2v) is 6.18. The highest BCUT2D eigenvalue weighted by atomic mass is 19.1. The van der Waals surface area contributed by atoms with E-state index in [2.05, 4.69) is 4.98 Å². The first-order valence-corrected chi connectivity index (χ1v) is 8.10. The molecule has 1 aromatic heterocycles. The monoisotopic (exact) mass is 362 g/mol. The highest BCUT2D eigenvalue weighted by Gasteiger charge is 2.23. The van der Waals surface area contributed by atoms with Crippen molar-refractivity contribution >= 4 is 11.8 Å². The molecule has 7 heteroatoms. The zero-order valence-corrected chi connectivity index (χ0v) is 15.6. The molecule has 0 spiro atoms. The minimum absolute atomic E-state index is 0.120. The van der Waals surface area contributed by atoms with Gasteiger partial charge in [0.25, 0.3) is 0 Å². The van der Waals surface area contributed by atoms with Crippen LogP contribution < -0.4 is 4.74 Å². The van der Waals surface area contributed by atoms with E-state index in [0.717, 1.165) is 5.56 Å². The van der Waals surface area contributed by atoms with E-state index in [1.54, 1.807) is 37.9 Å². The second kappa shape index (κ2) is 8.14. The first kappa shape index (κ1) is 19.7. The number of nitrogens with zero attached hydrogens (tertiary/aromatic N) is 1. The van der Waals surface area contributed by atoms with Gasteiger partial charge in [0.15, 0.2) is 17.3 Å². The van der Waals surface area contributed by atoms with Crippen LogP contribution in [0.25, 0.3) is 0 Å². The van der Waals surface area contributed by atoms with Gasteiger partial charge < -0.3 is 14.5 Å². The number of aromatic amines is 1. The maximum atomic E-state index is 13.8. The van der Waals surface area contributed by atoms with Gasteiger partial charge >= 0.3 is 5.97 Å². The number of carbonyl (C=O) groups is 2. The molecule has 0 amide bonds. The average molecular weight is 362 g/mol. The molecule has 0 bridgehead atoms. The molecule has 0 radical (unpaired) electrons. The SMILES string of the molecule is COC(=O)c1c(C)[nH]c(C(=O)CN(C)Cc2ccc(OC)c(F)c2)c1C. The molecular weight excluding hydrogens is 339 g/mol. The molecule has 140 valence electrons. The fraction of sp³-hybridized carbons (Fsp3) is 0.368. The molecule has 1 aromatic carbocycles. The van der Waals surface area contributed by atoms with Gasteiger partial charge in [0, 0.05) is 12.2 Å². The Morgan fingerprint density at radius 3 is 2.50 bits per heavy atom. The summed E-state index contributed by atoms with van der Waals surface area (Å²) in [6, 6.07) is 4.70. The van der Waals surface area contributed by atoms with Crippen molar-refractivity contribution in [2.45, 2.75) is 20.4 Å². The third-order valence-corrected chi connectivity index (χ3v) is 4.19. The Labute approximate surface area is 151 Å². The van der Waals surface area contributed by atoms with Crippen LogP contribution in [0.3, 0.4) is 0 Å². The molecule has 2 rings (SSSR count). The number of halogens is 1. The number of aromatic nitrogens is 1. The third kappa shape index (κ3) is 4.11. The molecule has 0 saturated carbocycles. The lowest BCUT2D eigenvalue weighted by Gasteiger charge is -2.16. The van der Waals surface area contributed by atoms with E-state index in [-0.39, 0.29) is 18.1 Å². The van der Waals surface area contributed by atoms with Crippen molar-refractivity contribution in [1.29, 1.82) is 0 Å². The first-order chi connectivity index (χ1) is 12.3. The van der Waals surface area contributed by atoms with E-state index in [0.29, 0.717) is 29.1 Å². The van der Waals surface area contributed by atoms with Gasteiger partial charge in [-0.25, -0.2) is 9.18 Å². The number of hydrogen-bond donors (Lipinski definition) is 1. The van der Waals surface area contributed by atoms with Crippen molar-refractivity contribution in [1.82, 2.24) is 9.88 Å². The van der Waals surface area contributed by atoms with Crippen LogP contribution in [0.5, 0.6) is 5.75 Å². The summed E-state index contributed by atoms with van der Waals surface area (Å²) in [4.78, 5) is 29.2. The number of ketones is 1. The number of likely N-dealkylation sites (N-methyl/N-ethyl adjacent to an activating group) is 1. The molecule has 0 saturated heterocycles. The van der Waals surface area contributed by atoms with Crippen LogP contribution in [0.1, 0.15) is 37.7 Å². The number of rotatable bonds is 7. The zero-order valence-electron chi connectivity index (χ0n) is 15.6. The highest BCUT2D eigenvalue weighted by molar-refractivity contribution is 6.02. The maximum absolute atomic E-state index is 13.8. The smallest absolute Gasteiger partial charge is 0.339 e. The van der Waals surface area contributed by atoms with Gasteiger partial charge in [0.2, 0.25) is 0 Å². The molecule has 1 heterocycles. The standard InChI is InChI=1S/C19H23FN2O4/c1-11-17(19(24)26-5)12(2)21-18(11)15(23)10-22(3)9-13-6-7-16(25-4)14(20)8-13/h6-8,21H,9-10H2,1-5H3. The van der Waals surface area contributed by atoms with E-state index < -0.39 is 11.8 Å². The molecule has 2 aromatic rings. The Balaban J connectivity index is 2.10. The first-order valence-electron chi connectivity index (χ1n) is 8.10. The number of methoxy groups -OCH3 is 2. The quantitative estimate of drug-likeness (QED) is 0.606. The van der Waals surface area contributed by atoms with Gasteiger partial charge in [-0.15, -0.1) is 0 Å². The summed E-state index contributed by atoms with van der Waals surface area (Å²) in [6.45, 7) is 3.95. The molecule has 26 heavy (non-hydrogen) atoms. The van der Waals surface area contributed by atoms with Crippen molar-refractivity contribution in [2.75, 3.05) is 27.8 Å². The van der Waals surface area contributed by atoms with Crippen LogP contribution in [0.2, 0.25) is 0 Å². The number of H-pyrrole nitrogens is 1. The highest BCUT2D eigenvalue weighted by Crippen LogP contribution is 2.21. The number of aryl methyl sites for hydroxylation is 1. The van der Waals surface area contributed by atoms with Crippen LogP contribution in [-0.4, -0.2) is 49.4 Å². The number of esters is 1. The predicted octanol–water partition coefficient (Wildman–Crippen LogP) is 2.88. The minimum atomic E-state index is -0.475. The zero-order chi connectivity index (χ0) is 19.4. The predicted molar refractivity (Wildman–Crippen MR) is 95.2 cm³/mol. The molecule has 6 nitrogen and oxygen atoms in total. The molecular formula is C19H23FN2O4. The lowest BCUT2D eigenvalue weighted by Crippen LogP contribution is -2.26.